The van der Waals surface area contributed by atoms with Gasteiger partial charge in [-0.05, 0) is 18.1 Å². The fraction of sp³-hybridized carbons (Fsp3) is 0.462. The molecule has 5 nitrogen and oxygen atoms in total. The molecule has 0 aliphatic carbocycles. The molecule has 2 rings (SSSR count). The van der Waals surface area contributed by atoms with E-state index < -0.39 is 0 Å². The minimum absolute atomic E-state index is 0.157. The highest BCUT2D eigenvalue weighted by Crippen LogP contribution is 2.06. The van der Waals surface area contributed by atoms with Gasteiger partial charge in [-0.1, -0.05) is 6.07 Å². The van der Waals surface area contributed by atoms with Crippen molar-refractivity contribution in [1.29, 1.82) is 0 Å². The molecule has 0 saturated carbocycles. The number of aryl methyl sites for hydroxylation is 1. The van der Waals surface area contributed by atoms with Crippen LogP contribution in [0.5, 0.6) is 0 Å². The maximum Gasteiger partial charge on any atom is 0.223 e. The molecule has 96 valence electrons. The highest BCUT2D eigenvalue weighted by atomic mass is 16.2. The summed E-state index contributed by atoms with van der Waals surface area (Å²) in [7, 11) is 0. The van der Waals surface area contributed by atoms with E-state index in [4.69, 9.17) is 0 Å². The standard InChI is InChI=1S/C13H17N3O2/c17-11-15-6-8-16(9-7-15)13(18)4-3-12-2-1-5-14-10-12/h1-2,5,10-11H,3-4,6-9H2. The predicted octanol–water partition coefficient (Wildman–Crippen LogP) is 0.315. The van der Waals surface area contributed by atoms with Crippen LogP contribution in [0.15, 0.2) is 24.5 Å². The zero-order valence-corrected chi connectivity index (χ0v) is 10.3. The average molecular weight is 247 g/mol. The van der Waals surface area contributed by atoms with Crippen LogP contribution in [-0.4, -0.2) is 53.3 Å². The van der Waals surface area contributed by atoms with Gasteiger partial charge in [0.15, 0.2) is 0 Å². The van der Waals surface area contributed by atoms with Gasteiger partial charge in [-0.25, -0.2) is 0 Å². The number of carbonyl (C=O) groups is 2. The Morgan fingerprint density at radius 3 is 2.72 bits per heavy atom. The van der Waals surface area contributed by atoms with E-state index in [1.807, 2.05) is 17.0 Å². The minimum atomic E-state index is 0.157. The predicted molar refractivity (Wildman–Crippen MR) is 66.8 cm³/mol. The Balaban J connectivity index is 1.77. The van der Waals surface area contributed by atoms with Crippen molar-refractivity contribution in [2.75, 3.05) is 26.2 Å². The first-order valence-corrected chi connectivity index (χ1v) is 6.15. The number of aromatic nitrogens is 1. The largest absolute Gasteiger partial charge is 0.342 e. The number of hydrogen-bond acceptors (Lipinski definition) is 3. The Hall–Kier alpha value is -1.91. The average Bonchev–Trinajstić information content (AvgIpc) is 2.46. The number of nitrogens with zero attached hydrogens (tertiary/aromatic N) is 3. The maximum atomic E-state index is 12.0. The second kappa shape index (κ2) is 6.14. The molecule has 5 heteroatoms. The molecule has 1 aliphatic rings. The fourth-order valence-corrected chi connectivity index (χ4v) is 2.03. The van der Waals surface area contributed by atoms with Crippen LogP contribution in [0.1, 0.15) is 12.0 Å². The van der Waals surface area contributed by atoms with E-state index >= 15 is 0 Å². The van der Waals surface area contributed by atoms with Crippen LogP contribution in [0.2, 0.25) is 0 Å². The number of amides is 2. The summed E-state index contributed by atoms with van der Waals surface area (Å²) in [5.74, 6) is 0.157. The minimum Gasteiger partial charge on any atom is -0.342 e. The summed E-state index contributed by atoms with van der Waals surface area (Å²) < 4.78 is 0. The number of piperazine rings is 1. The highest BCUT2D eigenvalue weighted by Gasteiger charge is 2.19. The summed E-state index contributed by atoms with van der Waals surface area (Å²) in [6.07, 6.45) is 5.59. The molecule has 2 amide bonds. The van der Waals surface area contributed by atoms with Crippen molar-refractivity contribution >= 4 is 12.3 Å². The zero-order chi connectivity index (χ0) is 12.8. The number of carbonyl (C=O) groups excluding carboxylic acids is 2. The van der Waals surface area contributed by atoms with E-state index in [0.29, 0.717) is 32.6 Å². The quantitative estimate of drug-likeness (QED) is 0.720. The van der Waals surface area contributed by atoms with Crippen LogP contribution in [0.4, 0.5) is 0 Å². The van der Waals surface area contributed by atoms with E-state index in [-0.39, 0.29) is 5.91 Å². The topological polar surface area (TPSA) is 53.5 Å². The van der Waals surface area contributed by atoms with Crippen molar-refractivity contribution in [3.05, 3.63) is 30.1 Å². The molecule has 0 radical (unpaired) electrons. The van der Waals surface area contributed by atoms with E-state index in [2.05, 4.69) is 4.98 Å². The zero-order valence-electron chi connectivity index (χ0n) is 10.3. The first-order valence-electron chi connectivity index (χ1n) is 6.15. The van der Waals surface area contributed by atoms with Crippen molar-refractivity contribution in [3.63, 3.8) is 0 Å². The molecular weight excluding hydrogens is 230 g/mol. The fourth-order valence-electron chi connectivity index (χ4n) is 2.03. The van der Waals surface area contributed by atoms with Gasteiger partial charge in [0.2, 0.25) is 12.3 Å². The van der Waals surface area contributed by atoms with E-state index in [1.165, 1.54) is 0 Å². The Morgan fingerprint density at radius 1 is 1.33 bits per heavy atom. The first kappa shape index (κ1) is 12.5. The molecule has 1 fully saturated rings. The van der Waals surface area contributed by atoms with Crippen LogP contribution >= 0.6 is 0 Å². The molecule has 0 aromatic carbocycles. The Bertz CT molecular complexity index is 400. The Labute approximate surface area is 106 Å². The molecule has 0 unspecified atom stereocenters. The lowest BCUT2D eigenvalue weighted by molar-refractivity contribution is -0.135. The summed E-state index contributed by atoms with van der Waals surface area (Å²) in [6.45, 7) is 2.57. The third kappa shape index (κ3) is 3.29. The number of pyridine rings is 1. The highest BCUT2D eigenvalue weighted by molar-refractivity contribution is 5.76. The maximum absolute atomic E-state index is 12.0. The molecule has 1 aliphatic heterocycles. The van der Waals surface area contributed by atoms with Crippen LogP contribution in [-0.2, 0) is 16.0 Å². The van der Waals surface area contributed by atoms with Crippen molar-refractivity contribution in [1.82, 2.24) is 14.8 Å². The normalized spacial score (nSPS) is 15.6. The molecule has 0 atom stereocenters. The molecule has 0 spiro atoms. The monoisotopic (exact) mass is 247 g/mol. The van der Waals surface area contributed by atoms with Gasteiger partial charge in [-0.3, -0.25) is 14.6 Å². The Morgan fingerprint density at radius 2 is 2.11 bits per heavy atom. The van der Waals surface area contributed by atoms with Crippen LogP contribution in [0.3, 0.4) is 0 Å². The van der Waals surface area contributed by atoms with Crippen LogP contribution < -0.4 is 0 Å². The number of hydrogen-bond donors (Lipinski definition) is 0. The summed E-state index contributed by atoms with van der Waals surface area (Å²) in [5.41, 5.74) is 1.08. The second-order valence-electron chi connectivity index (χ2n) is 4.38. The first-order chi connectivity index (χ1) is 8.79. The van der Waals surface area contributed by atoms with E-state index in [0.717, 1.165) is 18.4 Å². The summed E-state index contributed by atoms with van der Waals surface area (Å²) >= 11 is 0. The molecule has 1 aromatic rings. The van der Waals surface area contributed by atoms with Crippen molar-refractivity contribution in [2.45, 2.75) is 12.8 Å². The van der Waals surface area contributed by atoms with Gasteiger partial charge in [-0.15, -0.1) is 0 Å². The molecule has 2 heterocycles. The second-order valence-corrected chi connectivity index (χ2v) is 4.38. The SMILES string of the molecule is O=CN1CCN(C(=O)CCc2cccnc2)CC1. The lowest BCUT2D eigenvalue weighted by Gasteiger charge is -2.32. The van der Waals surface area contributed by atoms with Crippen molar-refractivity contribution in [3.8, 4) is 0 Å². The lowest BCUT2D eigenvalue weighted by Crippen LogP contribution is -2.48. The summed E-state index contributed by atoms with van der Waals surface area (Å²) in [5, 5.41) is 0. The van der Waals surface area contributed by atoms with E-state index in [1.54, 1.807) is 17.3 Å². The molecule has 0 bridgehead atoms. The lowest BCUT2D eigenvalue weighted by atomic mass is 10.1. The van der Waals surface area contributed by atoms with Crippen molar-refractivity contribution in [2.24, 2.45) is 0 Å². The van der Waals surface area contributed by atoms with Gasteiger partial charge in [0.1, 0.15) is 0 Å². The number of rotatable bonds is 4. The van der Waals surface area contributed by atoms with Gasteiger partial charge in [0, 0.05) is 45.0 Å². The molecule has 1 saturated heterocycles. The molecular formula is C13H17N3O2. The third-order valence-corrected chi connectivity index (χ3v) is 3.17. The molecule has 0 N–H and O–H groups in total. The van der Waals surface area contributed by atoms with Gasteiger partial charge in [0.05, 0.1) is 0 Å². The molecule has 1 aromatic heterocycles. The van der Waals surface area contributed by atoms with E-state index in [9.17, 15) is 9.59 Å². The van der Waals surface area contributed by atoms with Gasteiger partial charge in [-0.2, -0.15) is 0 Å². The summed E-state index contributed by atoms with van der Waals surface area (Å²) in [4.78, 5) is 30.1. The summed E-state index contributed by atoms with van der Waals surface area (Å²) in [6, 6.07) is 3.85. The van der Waals surface area contributed by atoms with Crippen LogP contribution in [0.25, 0.3) is 0 Å². The van der Waals surface area contributed by atoms with Gasteiger partial charge >= 0.3 is 0 Å². The smallest absolute Gasteiger partial charge is 0.223 e. The van der Waals surface area contributed by atoms with Crippen molar-refractivity contribution < 1.29 is 9.59 Å². The van der Waals surface area contributed by atoms with Gasteiger partial charge < -0.3 is 9.80 Å². The molecule has 18 heavy (non-hydrogen) atoms. The Kier molecular flexibility index (Phi) is 4.28. The third-order valence-electron chi connectivity index (χ3n) is 3.17. The van der Waals surface area contributed by atoms with Crippen LogP contribution in [0, 0.1) is 0 Å². The van der Waals surface area contributed by atoms with Gasteiger partial charge in [0.25, 0.3) is 0 Å².